The maximum absolute atomic E-state index is 12.8. The largest absolute Gasteiger partial charge is 0.461 e. The fraction of sp³-hybridized carbons (Fsp3) is 0.600. The summed E-state index contributed by atoms with van der Waals surface area (Å²) in [6.45, 7) is 5.90. The summed E-state index contributed by atoms with van der Waals surface area (Å²) >= 11 is 1.16. The second kappa shape index (κ2) is 10.5. The van der Waals surface area contributed by atoms with Gasteiger partial charge in [0.15, 0.2) is 33.2 Å². The zero-order valence-corrected chi connectivity index (χ0v) is 20.0. The summed E-state index contributed by atoms with van der Waals surface area (Å²) in [6.07, 6.45) is 2.64. The molecule has 0 radical (unpaired) electrons. The molecular formula is C20H28N4O6S2. The Balaban J connectivity index is 1.55. The molecule has 2 unspecified atom stereocenters. The number of rotatable bonds is 10. The third kappa shape index (κ3) is 5.71. The lowest BCUT2D eigenvalue weighted by Crippen LogP contribution is -2.48. The minimum Gasteiger partial charge on any atom is -0.461 e. The van der Waals surface area contributed by atoms with Crippen LogP contribution in [0.4, 0.5) is 0 Å². The molecule has 3 rings (SSSR count). The molecule has 1 saturated heterocycles. The third-order valence-electron chi connectivity index (χ3n) is 5.41. The van der Waals surface area contributed by atoms with E-state index in [-0.39, 0.29) is 35.2 Å². The smallest absolute Gasteiger partial charge is 0.316 e. The van der Waals surface area contributed by atoms with Crippen LogP contribution in [0.3, 0.4) is 0 Å². The number of nitrogens with zero attached hydrogens (tertiary/aromatic N) is 4. The molecule has 2 aromatic rings. The molecule has 176 valence electrons. The van der Waals surface area contributed by atoms with Crippen molar-refractivity contribution >= 4 is 33.5 Å². The van der Waals surface area contributed by atoms with Gasteiger partial charge in [-0.25, -0.2) is 8.42 Å². The number of aromatic nitrogens is 3. The number of esters is 1. The maximum atomic E-state index is 12.8. The number of carbonyl (C=O) groups excluding carboxylic acids is 2. The number of furan rings is 1. The van der Waals surface area contributed by atoms with Gasteiger partial charge in [-0.05, 0) is 38.8 Å². The molecule has 0 N–H and O–H groups in total. The zero-order chi connectivity index (χ0) is 23.3. The van der Waals surface area contributed by atoms with Crippen LogP contribution < -0.4 is 0 Å². The van der Waals surface area contributed by atoms with Crippen LogP contribution >= 0.6 is 11.8 Å². The van der Waals surface area contributed by atoms with E-state index in [1.807, 2.05) is 25.3 Å². The highest BCUT2D eigenvalue weighted by atomic mass is 32.2. The van der Waals surface area contributed by atoms with Crippen LogP contribution in [0.15, 0.2) is 28.0 Å². The van der Waals surface area contributed by atoms with Gasteiger partial charge in [0.05, 0.1) is 23.5 Å². The Morgan fingerprint density at radius 1 is 1.38 bits per heavy atom. The molecule has 1 fully saturated rings. The van der Waals surface area contributed by atoms with Gasteiger partial charge in [-0.15, -0.1) is 10.2 Å². The van der Waals surface area contributed by atoms with Gasteiger partial charge in [-0.3, -0.25) is 14.2 Å². The first-order chi connectivity index (χ1) is 15.3. The molecule has 1 amide bonds. The normalized spacial score (nSPS) is 18.4. The molecule has 1 aliphatic rings. The summed E-state index contributed by atoms with van der Waals surface area (Å²) in [5, 5.41) is 8.78. The topological polar surface area (TPSA) is 125 Å². The van der Waals surface area contributed by atoms with Crippen LogP contribution in [-0.2, 0) is 30.7 Å². The highest BCUT2D eigenvalue weighted by Crippen LogP contribution is 2.25. The summed E-state index contributed by atoms with van der Waals surface area (Å²) in [5.41, 5.74) is 0. The maximum Gasteiger partial charge on any atom is 0.316 e. The molecular weight excluding hydrogens is 456 g/mol. The molecule has 0 bridgehead atoms. The van der Waals surface area contributed by atoms with Crippen molar-refractivity contribution in [2.45, 2.75) is 57.4 Å². The van der Waals surface area contributed by atoms with E-state index in [0.29, 0.717) is 36.1 Å². The van der Waals surface area contributed by atoms with Gasteiger partial charge in [0.25, 0.3) is 5.91 Å². The fourth-order valence-corrected chi connectivity index (χ4v) is 6.16. The number of ether oxygens (including phenoxy) is 1. The SMILES string of the molecule is CCC(C)N(C(=O)COC(=O)CSc1nnc(-c2ccco2)n1CC)C1CCS(=O)(=O)C1. The molecule has 10 nitrogen and oxygen atoms in total. The summed E-state index contributed by atoms with van der Waals surface area (Å²) in [6, 6.07) is 3.02. The van der Waals surface area contributed by atoms with E-state index < -0.39 is 22.4 Å². The zero-order valence-electron chi connectivity index (χ0n) is 18.4. The van der Waals surface area contributed by atoms with Gasteiger partial charge >= 0.3 is 5.97 Å². The monoisotopic (exact) mass is 484 g/mol. The van der Waals surface area contributed by atoms with Gasteiger partial charge in [0.1, 0.15) is 0 Å². The molecule has 2 aromatic heterocycles. The van der Waals surface area contributed by atoms with Crippen molar-refractivity contribution in [3.8, 4) is 11.6 Å². The van der Waals surface area contributed by atoms with Crippen LogP contribution in [0.2, 0.25) is 0 Å². The Hall–Kier alpha value is -2.34. The predicted molar refractivity (Wildman–Crippen MR) is 119 cm³/mol. The van der Waals surface area contributed by atoms with Crippen molar-refractivity contribution < 1.29 is 27.2 Å². The number of carbonyl (C=O) groups is 2. The quantitative estimate of drug-likeness (QED) is 0.368. The molecule has 3 heterocycles. The van der Waals surface area contributed by atoms with Gasteiger partial charge in [0, 0.05) is 18.6 Å². The molecule has 0 spiro atoms. The molecule has 0 aromatic carbocycles. The molecule has 1 aliphatic heterocycles. The molecule has 32 heavy (non-hydrogen) atoms. The van der Waals surface area contributed by atoms with Crippen LogP contribution in [0, 0.1) is 0 Å². The Bertz CT molecular complexity index is 1030. The summed E-state index contributed by atoms with van der Waals surface area (Å²) in [7, 11) is -3.13. The van der Waals surface area contributed by atoms with Crippen LogP contribution in [-0.4, -0.2) is 75.9 Å². The first-order valence-electron chi connectivity index (χ1n) is 10.5. The Morgan fingerprint density at radius 3 is 2.75 bits per heavy atom. The fourth-order valence-electron chi connectivity index (χ4n) is 3.65. The van der Waals surface area contributed by atoms with Crippen molar-refractivity contribution in [2.75, 3.05) is 23.9 Å². The van der Waals surface area contributed by atoms with Gasteiger partial charge < -0.3 is 14.1 Å². The van der Waals surface area contributed by atoms with Gasteiger partial charge in [-0.2, -0.15) is 0 Å². The van der Waals surface area contributed by atoms with Crippen LogP contribution in [0.5, 0.6) is 0 Å². The molecule has 2 atom stereocenters. The number of hydrogen-bond acceptors (Lipinski definition) is 9. The van der Waals surface area contributed by atoms with Crippen LogP contribution in [0.1, 0.15) is 33.6 Å². The number of hydrogen-bond donors (Lipinski definition) is 0. The Morgan fingerprint density at radius 2 is 2.16 bits per heavy atom. The Kier molecular flexibility index (Phi) is 7.99. The molecule has 0 saturated carbocycles. The van der Waals surface area contributed by atoms with E-state index in [0.717, 1.165) is 11.8 Å². The van der Waals surface area contributed by atoms with E-state index in [4.69, 9.17) is 9.15 Å². The van der Waals surface area contributed by atoms with E-state index in [1.54, 1.807) is 23.3 Å². The first-order valence-corrected chi connectivity index (χ1v) is 13.3. The standard InChI is InChI=1S/C20H28N4O6S2/c1-4-14(3)24(15-8-10-32(27,28)13-15)17(25)11-30-18(26)12-31-20-22-21-19(23(20)5-2)16-7-6-9-29-16/h6-7,9,14-15H,4-5,8,10-13H2,1-3H3. The predicted octanol–water partition coefficient (Wildman–Crippen LogP) is 2.01. The Labute approximate surface area is 191 Å². The minimum absolute atomic E-state index is 0.0370. The summed E-state index contributed by atoms with van der Waals surface area (Å²) in [5.74, 6) is 0.209. The van der Waals surface area contributed by atoms with Crippen molar-refractivity contribution in [3.05, 3.63) is 18.4 Å². The van der Waals surface area contributed by atoms with Crippen molar-refractivity contribution in [1.29, 1.82) is 0 Å². The second-order valence-electron chi connectivity index (χ2n) is 7.59. The van der Waals surface area contributed by atoms with Gasteiger partial charge in [-0.1, -0.05) is 18.7 Å². The van der Waals surface area contributed by atoms with E-state index in [2.05, 4.69) is 10.2 Å². The average molecular weight is 485 g/mol. The lowest BCUT2D eigenvalue weighted by atomic mass is 10.1. The number of sulfone groups is 1. The highest BCUT2D eigenvalue weighted by molar-refractivity contribution is 7.99. The van der Waals surface area contributed by atoms with E-state index >= 15 is 0 Å². The number of amides is 1. The van der Waals surface area contributed by atoms with Crippen LogP contribution in [0.25, 0.3) is 11.6 Å². The molecule has 12 heteroatoms. The highest BCUT2D eigenvalue weighted by Gasteiger charge is 2.36. The lowest BCUT2D eigenvalue weighted by Gasteiger charge is -2.33. The average Bonchev–Trinajstić information content (AvgIpc) is 3.50. The minimum atomic E-state index is -3.13. The summed E-state index contributed by atoms with van der Waals surface area (Å²) in [4.78, 5) is 26.6. The molecule has 0 aliphatic carbocycles. The lowest BCUT2D eigenvalue weighted by molar-refractivity contribution is -0.152. The van der Waals surface area contributed by atoms with Crippen molar-refractivity contribution in [3.63, 3.8) is 0 Å². The second-order valence-corrected chi connectivity index (χ2v) is 10.8. The van der Waals surface area contributed by atoms with E-state index in [9.17, 15) is 18.0 Å². The van der Waals surface area contributed by atoms with Gasteiger partial charge in [0.2, 0.25) is 0 Å². The van der Waals surface area contributed by atoms with E-state index in [1.165, 1.54) is 0 Å². The summed E-state index contributed by atoms with van der Waals surface area (Å²) < 4.78 is 36.1. The third-order valence-corrected chi connectivity index (χ3v) is 8.10. The van der Waals surface area contributed by atoms with Crippen molar-refractivity contribution in [2.24, 2.45) is 0 Å². The first kappa shape index (κ1) is 24.3. The number of thioether (sulfide) groups is 1. The van der Waals surface area contributed by atoms with Crippen molar-refractivity contribution in [1.82, 2.24) is 19.7 Å².